The first-order chi connectivity index (χ1) is 6.83. The van der Waals surface area contributed by atoms with E-state index in [-0.39, 0.29) is 0 Å². The van der Waals surface area contributed by atoms with Gasteiger partial charge in [-0.15, -0.1) is 0 Å². The number of hydrogen-bond donors (Lipinski definition) is 1. The van der Waals surface area contributed by atoms with Crippen molar-refractivity contribution < 1.29 is 0 Å². The van der Waals surface area contributed by atoms with Gasteiger partial charge in [0.05, 0.1) is 11.2 Å². The van der Waals surface area contributed by atoms with Gasteiger partial charge >= 0.3 is 0 Å². The first-order valence-corrected chi connectivity index (χ1v) is 5.20. The molecule has 0 fully saturated rings. The lowest BCUT2D eigenvalue weighted by Gasteiger charge is -2.04. The molecule has 4 heteroatoms. The van der Waals surface area contributed by atoms with Crippen molar-refractivity contribution in [2.75, 3.05) is 6.54 Å². The Morgan fingerprint density at radius 3 is 2.93 bits per heavy atom. The van der Waals surface area contributed by atoms with Crippen molar-refractivity contribution in [3.05, 3.63) is 34.7 Å². The fourth-order valence-electron chi connectivity index (χ4n) is 1.44. The largest absolute Gasteiger partial charge is 0.330 e. The van der Waals surface area contributed by atoms with E-state index in [1.165, 1.54) is 0 Å². The molecule has 0 aliphatic rings. The minimum atomic E-state index is 0.610. The average Bonchev–Trinajstić information content (AvgIpc) is 2.20. The standard InChI is InChI=1S/C10H10BrN3/c11-8-3-1-2-7-9(4-5-12)13-6-14-10(7)8/h1-3,6H,4-5,12H2. The van der Waals surface area contributed by atoms with Crippen molar-refractivity contribution >= 4 is 26.8 Å². The van der Waals surface area contributed by atoms with E-state index in [0.717, 1.165) is 27.5 Å². The van der Waals surface area contributed by atoms with Crippen molar-refractivity contribution in [1.82, 2.24) is 9.97 Å². The smallest absolute Gasteiger partial charge is 0.116 e. The zero-order chi connectivity index (χ0) is 9.97. The van der Waals surface area contributed by atoms with Crippen LogP contribution in [0, 0.1) is 0 Å². The number of rotatable bonds is 2. The van der Waals surface area contributed by atoms with Crippen molar-refractivity contribution in [1.29, 1.82) is 0 Å². The van der Waals surface area contributed by atoms with Crippen LogP contribution in [0.25, 0.3) is 10.9 Å². The Balaban J connectivity index is 2.68. The summed E-state index contributed by atoms with van der Waals surface area (Å²) in [5, 5.41) is 1.08. The second-order valence-corrected chi connectivity index (χ2v) is 3.85. The summed E-state index contributed by atoms with van der Waals surface area (Å²) in [7, 11) is 0. The van der Waals surface area contributed by atoms with Gasteiger partial charge < -0.3 is 5.73 Å². The predicted molar refractivity (Wildman–Crippen MR) is 60.0 cm³/mol. The van der Waals surface area contributed by atoms with Crippen LogP contribution in [-0.2, 0) is 6.42 Å². The van der Waals surface area contributed by atoms with Gasteiger partial charge in [0, 0.05) is 16.3 Å². The summed E-state index contributed by atoms with van der Waals surface area (Å²) in [6.07, 6.45) is 2.37. The van der Waals surface area contributed by atoms with Crippen LogP contribution in [-0.4, -0.2) is 16.5 Å². The summed E-state index contributed by atoms with van der Waals surface area (Å²) >= 11 is 3.46. The Bertz CT molecular complexity index is 456. The summed E-state index contributed by atoms with van der Waals surface area (Å²) in [4.78, 5) is 8.45. The molecule has 1 aromatic carbocycles. The molecule has 0 radical (unpaired) electrons. The third-order valence-electron chi connectivity index (χ3n) is 2.08. The first-order valence-electron chi connectivity index (χ1n) is 4.41. The monoisotopic (exact) mass is 251 g/mol. The molecule has 0 bridgehead atoms. The number of aromatic nitrogens is 2. The lowest BCUT2D eigenvalue weighted by Crippen LogP contribution is -2.05. The summed E-state index contributed by atoms with van der Waals surface area (Å²) in [6, 6.07) is 5.97. The van der Waals surface area contributed by atoms with Crippen molar-refractivity contribution in [2.24, 2.45) is 5.73 Å². The molecule has 1 aromatic heterocycles. The number of benzene rings is 1. The van der Waals surface area contributed by atoms with E-state index < -0.39 is 0 Å². The molecule has 3 nitrogen and oxygen atoms in total. The van der Waals surface area contributed by atoms with E-state index >= 15 is 0 Å². The minimum Gasteiger partial charge on any atom is -0.330 e. The maximum atomic E-state index is 5.52. The topological polar surface area (TPSA) is 51.8 Å². The molecule has 0 aliphatic carbocycles. The molecule has 1 heterocycles. The predicted octanol–water partition coefficient (Wildman–Crippen LogP) is 1.89. The second kappa shape index (κ2) is 4.02. The molecule has 2 aromatic rings. The van der Waals surface area contributed by atoms with Crippen LogP contribution in [0.3, 0.4) is 0 Å². The summed E-state index contributed by atoms with van der Waals surface area (Å²) in [5.74, 6) is 0. The van der Waals surface area contributed by atoms with E-state index in [0.29, 0.717) is 6.54 Å². The summed E-state index contributed by atoms with van der Waals surface area (Å²) in [6.45, 7) is 0.610. The van der Waals surface area contributed by atoms with Crippen LogP contribution in [0.2, 0.25) is 0 Å². The molecule has 0 aliphatic heterocycles. The fourth-order valence-corrected chi connectivity index (χ4v) is 1.91. The van der Waals surface area contributed by atoms with Crippen LogP contribution in [0.4, 0.5) is 0 Å². The highest BCUT2D eigenvalue weighted by atomic mass is 79.9. The average molecular weight is 252 g/mol. The lowest BCUT2D eigenvalue weighted by molar-refractivity contribution is 0.926. The molecule has 0 atom stereocenters. The van der Waals surface area contributed by atoms with Crippen LogP contribution in [0.5, 0.6) is 0 Å². The van der Waals surface area contributed by atoms with Crippen LogP contribution >= 0.6 is 15.9 Å². The minimum absolute atomic E-state index is 0.610. The molecule has 0 saturated heterocycles. The van der Waals surface area contributed by atoms with E-state index in [9.17, 15) is 0 Å². The Morgan fingerprint density at radius 2 is 2.14 bits per heavy atom. The molecule has 0 unspecified atom stereocenters. The zero-order valence-corrected chi connectivity index (χ0v) is 9.16. The summed E-state index contributed by atoms with van der Waals surface area (Å²) < 4.78 is 0.996. The van der Waals surface area contributed by atoms with Gasteiger partial charge in [0.1, 0.15) is 6.33 Å². The lowest BCUT2D eigenvalue weighted by atomic mass is 10.1. The number of para-hydroxylation sites is 1. The molecular weight excluding hydrogens is 242 g/mol. The van der Waals surface area contributed by atoms with E-state index in [2.05, 4.69) is 25.9 Å². The SMILES string of the molecule is NCCc1ncnc2c(Br)cccc12. The molecule has 72 valence electrons. The Labute approximate surface area is 90.5 Å². The van der Waals surface area contributed by atoms with Gasteiger partial charge in [-0.25, -0.2) is 9.97 Å². The van der Waals surface area contributed by atoms with Crippen LogP contribution in [0.1, 0.15) is 5.69 Å². The highest BCUT2D eigenvalue weighted by molar-refractivity contribution is 9.10. The molecule has 0 saturated carbocycles. The van der Waals surface area contributed by atoms with Crippen LogP contribution < -0.4 is 5.73 Å². The third-order valence-corrected chi connectivity index (χ3v) is 2.72. The van der Waals surface area contributed by atoms with E-state index in [1.807, 2.05) is 18.2 Å². The number of nitrogens with zero attached hydrogens (tertiary/aromatic N) is 2. The maximum Gasteiger partial charge on any atom is 0.116 e. The first kappa shape index (κ1) is 9.55. The Hall–Kier alpha value is -1.00. The van der Waals surface area contributed by atoms with E-state index in [1.54, 1.807) is 6.33 Å². The Kier molecular flexibility index (Phi) is 2.74. The normalized spacial score (nSPS) is 10.7. The zero-order valence-electron chi connectivity index (χ0n) is 7.57. The number of halogens is 1. The van der Waals surface area contributed by atoms with Gasteiger partial charge in [-0.2, -0.15) is 0 Å². The molecule has 2 N–H and O–H groups in total. The molecule has 2 rings (SSSR count). The van der Waals surface area contributed by atoms with Crippen LogP contribution in [0.15, 0.2) is 29.0 Å². The van der Waals surface area contributed by atoms with Crippen molar-refractivity contribution in [3.63, 3.8) is 0 Å². The van der Waals surface area contributed by atoms with Crippen molar-refractivity contribution in [3.8, 4) is 0 Å². The van der Waals surface area contributed by atoms with Gasteiger partial charge in [-0.05, 0) is 28.5 Å². The highest BCUT2D eigenvalue weighted by Gasteiger charge is 2.04. The number of nitrogens with two attached hydrogens (primary N) is 1. The molecule has 0 amide bonds. The second-order valence-electron chi connectivity index (χ2n) is 3.00. The Morgan fingerprint density at radius 1 is 1.29 bits per heavy atom. The fraction of sp³-hybridized carbons (Fsp3) is 0.200. The highest BCUT2D eigenvalue weighted by Crippen LogP contribution is 2.22. The van der Waals surface area contributed by atoms with Gasteiger partial charge in [0.2, 0.25) is 0 Å². The number of fused-ring (bicyclic) bond motifs is 1. The van der Waals surface area contributed by atoms with Crippen molar-refractivity contribution in [2.45, 2.75) is 6.42 Å². The maximum absolute atomic E-state index is 5.52. The third kappa shape index (κ3) is 1.63. The summed E-state index contributed by atoms with van der Waals surface area (Å²) in [5.41, 5.74) is 7.48. The quantitative estimate of drug-likeness (QED) is 0.887. The number of hydrogen-bond acceptors (Lipinski definition) is 3. The molecule has 0 spiro atoms. The molecular formula is C10H10BrN3. The van der Waals surface area contributed by atoms with Gasteiger partial charge in [-0.1, -0.05) is 12.1 Å². The van der Waals surface area contributed by atoms with E-state index in [4.69, 9.17) is 5.73 Å². The molecule has 14 heavy (non-hydrogen) atoms. The van der Waals surface area contributed by atoms with Gasteiger partial charge in [0.25, 0.3) is 0 Å². The van der Waals surface area contributed by atoms with Gasteiger partial charge in [0.15, 0.2) is 0 Å². The van der Waals surface area contributed by atoms with Gasteiger partial charge in [-0.3, -0.25) is 0 Å².